The Bertz CT molecular complexity index is 753. The number of aromatic nitrogens is 3. The predicted octanol–water partition coefficient (Wildman–Crippen LogP) is 3.82. The highest BCUT2D eigenvalue weighted by molar-refractivity contribution is 6.36. The van der Waals surface area contributed by atoms with Gasteiger partial charge < -0.3 is 5.73 Å². The molecule has 0 aliphatic heterocycles. The summed E-state index contributed by atoms with van der Waals surface area (Å²) in [6.45, 7) is 0. The standard InChI is InChI=1S/C14H10Cl2N4/c15-9-1-2-11(12(16)7-9)13-8-14(17)20(19-13)10-3-5-18-6-4-10/h1-8H,17H2. The van der Waals surface area contributed by atoms with E-state index in [2.05, 4.69) is 10.1 Å². The largest absolute Gasteiger partial charge is 0.384 e. The number of halogens is 2. The number of pyridine rings is 1. The number of hydrogen-bond donors (Lipinski definition) is 1. The van der Waals surface area contributed by atoms with Crippen LogP contribution in [0.1, 0.15) is 0 Å². The summed E-state index contributed by atoms with van der Waals surface area (Å²) in [5, 5.41) is 5.60. The molecule has 2 aromatic heterocycles. The molecular formula is C14H10Cl2N4. The molecule has 3 aromatic rings. The van der Waals surface area contributed by atoms with E-state index in [1.54, 1.807) is 35.3 Å². The third kappa shape index (κ3) is 2.35. The van der Waals surface area contributed by atoms with Crippen molar-refractivity contribution < 1.29 is 0 Å². The second kappa shape index (κ2) is 5.15. The normalized spacial score (nSPS) is 10.7. The first-order valence-corrected chi connectivity index (χ1v) is 6.62. The Labute approximate surface area is 125 Å². The van der Waals surface area contributed by atoms with Crippen LogP contribution in [-0.4, -0.2) is 14.8 Å². The zero-order valence-corrected chi connectivity index (χ0v) is 11.8. The molecule has 0 saturated heterocycles. The molecular weight excluding hydrogens is 295 g/mol. The van der Waals surface area contributed by atoms with Crippen molar-refractivity contribution in [3.8, 4) is 16.9 Å². The number of rotatable bonds is 2. The topological polar surface area (TPSA) is 56.7 Å². The molecule has 0 amide bonds. The minimum atomic E-state index is 0.525. The summed E-state index contributed by atoms with van der Waals surface area (Å²) in [6, 6.07) is 10.7. The molecule has 0 radical (unpaired) electrons. The summed E-state index contributed by atoms with van der Waals surface area (Å²) >= 11 is 12.1. The lowest BCUT2D eigenvalue weighted by Crippen LogP contribution is -2.01. The van der Waals surface area contributed by atoms with Crippen LogP contribution in [0.2, 0.25) is 10.0 Å². The van der Waals surface area contributed by atoms with Crippen molar-refractivity contribution in [2.45, 2.75) is 0 Å². The Hall–Kier alpha value is -2.04. The monoisotopic (exact) mass is 304 g/mol. The van der Waals surface area contributed by atoms with Crippen molar-refractivity contribution in [2.24, 2.45) is 0 Å². The lowest BCUT2D eigenvalue weighted by Gasteiger charge is -2.03. The maximum absolute atomic E-state index is 6.19. The summed E-state index contributed by atoms with van der Waals surface area (Å²) < 4.78 is 1.64. The van der Waals surface area contributed by atoms with Gasteiger partial charge in [0.15, 0.2) is 0 Å². The average molecular weight is 305 g/mol. The second-order valence-corrected chi connectivity index (χ2v) is 5.04. The smallest absolute Gasteiger partial charge is 0.127 e. The van der Waals surface area contributed by atoms with Crippen LogP contribution >= 0.6 is 23.2 Å². The minimum Gasteiger partial charge on any atom is -0.384 e. The van der Waals surface area contributed by atoms with Crippen molar-refractivity contribution >= 4 is 29.0 Å². The molecule has 0 aliphatic carbocycles. The summed E-state index contributed by atoms with van der Waals surface area (Å²) in [5.41, 5.74) is 8.33. The molecule has 0 aliphatic rings. The molecule has 2 heterocycles. The van der Waals surface area contributed by atoms with Crippen LogP contribution in [0.3, 0.4) is 0 Å². The Morgan fingerprint density at radius 2 is 1.75 bits per heavy atom. The van der Waals surface area contributed by atoms with Gasteiger partial charge in [-0.3, -0.25) is 4.98 Å². The first-order valence-electron chi connectivity index (χ1n) is 5.86. The molecule has 100 valence electrons. The second-order valence-electron chi connectivity index (χ2n) is 4.20. The van der Waals surface area contributed by atoms with Gasteiger partial charge >= 0.3 is 0 Å². The lowest BCUT2D eigenvalue weighted by molar-refractivity contribution is 0.892. The first-order chi connectivity index (χ1) is 9.65. The fourth-order valence-electron chi connectivity index (χ4n) is 1.92. The molecule has 20 heavy (non-hydrogen) atoms. The van der Waals surface area contributed by atoms with Crippen LogP contribution in [0.15, 0.2) is 48.8 Å². The minimum absolute atomic E-state index is 0.525. The average Bonchev–Trinajstić information content (AvgIpc) is 2.81. The van der Waals surface area contributed by atoms with Crippen molar-refractivity contribution in [3.05, 3.63) is 58.8 Å². The number of hydrogen-bond acceptors (Lipinski definition) is 3. The van der Waals surface area contributed by atoms with Crippen LogP contribution in [0.5, 0.6) is 0 Å². The lowest BCUT2D eigenvalue weighted by atomic mass is 10.1. The van der Waals surface area contributed by atoms with Crippen LogP contribution in [-0.2, 0) is 0 Å². The van der Waals surface area contributed by atoms with Crippen molar-refractivity contribution in [2.75, 3.05) is 5.73 Å². The zero-order valence-electron chi connectivity index (χ0n) is 10.3. The van der Waals surface area contributed by atoms with E-state index in [4.69, 9.17) is 28.9 Å². The Kier molecular flexibility index (Phi) is 3.34. The van der Waals surface area contributed by atoms with E-state index in [1.807, 2.05) is 18.2 Å². The Morgan fingerprint density at radius 3 is 2.45 bits per heavy atom. The first kappa shape index (κ1) is 13.0. The van der Waals surface area contributed by atoms with E-state index in [0.29, 0.717) is 21.6 Å². The Balaban J connectivity index is 2.09. The summed E-state index contributed by atoms with van der Waals surface area (Å²) in [7, 11) is 0. The van der Waals surface area contributed by atoms with E-state index in [9.17, 15) is 0 Å². The molecule has 1 aromatic carbocycles. The number of nitrogen functional groups attached to an aromatic ring is 1. The van der Waals surface area contributed by atoms with Gasteiger partial charge in [-0.15, -0.1) is 0 Å². The molecule has 3 rings (SSSR count). The highest BCUT2D eigenvalue weighted by Crippen LogP contribution is 2.31. The van der Waals surface area contributed by atoms with Gasteiger partial charge in [0.05, 0.1) is 16.4 Å². The molecule has 4 nitrogen and oxygen atoms in total. The molecule has 0 unspecified atom stereocenters. The molecule has 2 N–H and O–H groups in total. The van der Waals surface area contributed by atoms with Gasteiger partial charge in [0, 0.05) is 29.0 Å². The van der Waals surface area contributed by atoms with Gasteiger partial charge in [0.2, 0.25) is 0 Å². The van der Waals surface area contributed by atoms with E-state index in [1.165, 1.54) is 0 Å². The van der Waals surface area contributed by atoms with E-state index < -0.39 is 0 Å². The van der Waals surface area contributed by atoms with Crippen molar-refractivity contribution in [1.29, 1.82) is 0 Å². The highest BCUT2D eigenvalue weighted by atomic mass is 35.5. The van der Waals surface area contributed by atoms with Gasteiger partial charge in [-0.05, 0) is 30.3 Å². The van der Waals surface area contributed by atoms with Crippen LogP contribution < -0.4 is 5.73 Å². The molecule has 0 atom stereocenters. The molecule has 0 saturated carbocycles. The van der Waals surface area contributed by atoms with Gasteiger partial charge in [-0.1, -0.05) is 23.2 Å². The van der Waals surface area contributed by atoms with E-state index in [0.717, 1.165) is 11.3 Å². The third-order valence-electron chi connectivity index (χ3n) is 2.85. The molecule has 0 bridgehead atoms. The Morgan fingerprint density at radius 1 is 1.00 bits per heavy atom. The van der Waals surface area contributed by atoms with Crippen LogP contribution in [0.4, 0.5) is 5.82 Å². The number of benzene rings is 1. The van der Waals surface area contributed by atoms with Crippen molar-refractivity contribution in [1.82, 2.24) is 14.8 Å². The fraction of sp³-hybridized carbons (Fsp3) is 0. The van der Waals surface area contributed by atoms with Gasteiger partial charge in [-0.25, -0.2) is 4.68 Å². The maximum atomic E-state index is 6.19. The van der Waals surface area contributed by atoms with Crippen LogP contribution in [0.25, 0.3) is 16.9 Å². The number of nitrogens with two attached hydrogens (primary N) is 1. The predicted molar refractivity (Wildman–Crippen MR) is 81.2 cm³/mol. The third-order valence-corrected chi connectivity index (χ3v) is 3.40. The van der Waals surface area contributed by atoms with Crippen molar-refractivity contribution in [3.63, 3.8) is 0 Å². The van der Waals surface area contributed by atoms with Crippen LogP contribution in [0, 0.1) is 0 Å². The summed E-state index contributed by atoms with van der Waals surface area (Å²) in [6.07, 6.45) is 3.37. The number of nitrogens with zero attached hydrogens (tertiary/aromatic N) is 3. The molecule has 0 fully saturated rings. The molecule has 0 spiro atoms. The zero-order chi connectivity index (χ0) is 14.1. The quantitative estimate of drug-likeness (QED) is 0.783. The van der Waals surface area contributed by atoms with Gasteiger partial charge in [-0.2, -0.15) is 5.10 Å². The molecule has 6 heteroatoms. The van der Waals surface area contributed by atoms with E-state index >= 15 is 0 Å². The maximum Gasteiger partial charge on any atom is 0.127 e. The number of anilines is 1. The van der Waals surface area contributed by atoms with Gasteiger partial charge in [0.1, 0.15) is 5.82 Å². The summed E-state index contributed by atoms with van der Waals surface area (Å²) in [5.74, 6) is 0.525. The SMILES string of the molecule is Nc1cc(-c2ccc(Cl)cc2Cl)nn1-c1ccncc1. The van der Waals surface area contributed by atoms with Gasteiger partial charge in [0.25, 0.3) is 0 Å². The van der Waals surface area contributed by atoms with E-state index in [-0.39, 0.29) is 0 Å². The summed E-state index contributed by atoms with van der Waals surface area (Å²) in [4.78, 5) is 3.97. The highest BCUT2D eigenvalue weighted by Gasteiger charge is 2.11. The fourth-order valence-corrected chi connectivity index (χ4v) is 2.42.